The average molecular weight is 1330 g/mol. The van der Waals surface area contributed by atoms with E-state index in [1.165, 1.54) is 6.21 Å². The molecule has 2 bridgehead atoms. The minimum atomic E-state index is -2.68. The van der Waals surface area contributed by atoms with E-state index in [0.29, 0.717) is 146 Å². The van der Waals surface area contributed by atoms with Gasteiger partial charge in [0, 0.05) is 80.8 Å². The van der Waals surface area contributed by atoms with Gasteiger partial charge in [-0.15, -0.1) is 0 Å². The maximum atomic E-state index is 13.9. The third-order valence-electron chi connectivity index (χ3n) is 18.0. The van der Waals surface area contributed by atoms with E-state index in [9.17, 15) is 37.0 Å². The molecule has 5 fully saturated rings. The summed E-state index contributed by atoms with van der Waals surface area (Å²) in [6.45, 7) is 9.92. The Morgan fingerprint density at radius 1 is 0.734 bits per heavy atom. The fraction of sp³-hybridized carbons (Fsp3) is 0.667. The van der Waals surface area contributed by atoms with Crippen molar-refractivity contribution in [3.8, 4) is 11.5 Å². The maximum Gasteiger partial charge on any atom is 0.313 e. The second kappa shape index (κ2) is 38.4. The van der Waals surface area contributed by atoms with E-state index < -0.39 is 35.1 Å². The molecule has 5 aliphatic rings. The lowest BCUT2D eigenvalue weighted by Gasteiger charge is -2.54. The third kappa shape index (κ3) is 23.5. The maximum absolute atomic E-state index is 13.9. The number of amides is 1. The van der Waals surface area contributed by atoms with Crippen molar-refractivity contribution in [2.45, 2.75) is 127 Å². The van der Waals surface area contributed by atoms with E-state index in [1.54, 1.807) is 12.4 Å². The van der Waals surface area contributed by atoms with Crippen LogP contribution in [0.3, 0.4) is 0 Å². The zero-order valence-electron chi connectivity index (χ0n) is 54.0. The van der Waals surface area contributed by atoms with Gasteiger partial charge in [0.25, 0.3) is 0 Å². The summed E-state index contributed by atoms with van der Waals surface area (Å²) < 4.78 is 122. The fourth-order valence-corrected chi connectivity index (χ4v) is 13.0. The molecule has 2 aliphatic carbocycles. The largest absolute Gasteiger partial charge is 0.488 e. The van der Waals surface area contributed by atoms with Crippen molar-refractivity contribution in [1.82, 2.24) is 25.1 Å². The summed E-state index contributed by atoms with van der Waals surface area (Å²) in [6, 6.07) is 11.4. The van der Waals surface area contributed by atoms with Crippen LogP contribution in [0, 0.1) is 45.5 Å². The lowest BCUT2D eigenvalue weighted by molar-refractivity contribution is -0.136. The third-order valence-corrected chi connectivity index (χ3v) is 18.0. The number of hydrazone groups is 1. The molecule has 23 nitrogen and oxygen atoms in total. The van der Waals surface area contributed by atoms with E-state index in [4.69, 9.17) is 53.9 Å². The molecule has 0 radical (unpaired) electrons. The first-order valence-corrected chi connectivity index (χ1v) is 32.9. The number of halogens is 5. The molecule has 3 aromatic rings. The number of hydrogen-bond donors (Lipinski definition) is 4. The molecule has 520 valence electrons. The first kappa shape index (κ1) is 73.4. The van der Waals surface area contributed by atoms with E-state index >= 15 is 0 Å². The number of rotatable bonds is 41. The lowest BCUT2D eigenvalue weighted by atomic mass is 9.57. The number of esters is 1. The zero-order valence-corrected chi connectivity index (χ0v) is 54.0. The number of ether oxygens (including phenoxy) is 10. The van der Waals surface area contributed by atoms with Crippen LogP contribution < -0.4 is 25.5 Å². The number of alkyl halides is 2. The number of nitrogens with one attached hydrogen (secondary N) is 3. The number of amidine groups is 2. The van der Waals surface area contributed by atoms with Gasteiger partial charge in [0.05, 0.1) is 143 Å². The van der Waals surface area contributed by atoms with Crippen LogP contribution in [0.1, 0.15) is 108 Å². The molecule has 3 atom stereocenters. The predicted octanol–water partition coefficient (Wildman–Crippen LogP) is 8.13. The predicted molar refractivity (Wildman–Crippen MR) is 341 cm³/mol. The quantitative estimate of drug-likeness (QED) is 0.00610. The Bertz CT molecular complexity index is 2830. The van der Waals surface area contributed by atoms with Crippen LogP contribution in [-0.4, -0.2) is 218 Å². The van der Waals surface area contributed by atoms with Crippen LogP contribution in [0.25, 0.3) is 0 Å². The molecule has 1 spiro atoms. The van der Waals surface area contributed by atoms with Crippen LogP contribution >= 0.6 is 0 Å². The van der Waals surface area contributed by atoms with Crippen LogP contribution in [0.4, 0.5) is 27.9 Å². The van der Waals surface area contributed by atoms with E-state index in [-0.39, 0.29) is 93.8 Å². The van der Waals surface area contributed by atoms with Crippen LogP contribution in [0.5, 0.6) is 11.5 Å². The first-order valence-electron chi connectivity index (χ1n) is 32.9. The normalized spacial score (nSPS) is 20.1. The molecular weight excluding hydrogens is 1230 g/mol. The number of hydrogen-bond acceptors (Lipinski definition) is 21. The minimum Gasteiger partial charge on any atom is -0.488 e. The summed E-state index contributed by atoms with van der Waals surface area (Å²) in [6.07, 6.45) is 13.2. The number of fused-ring (bicyclic) bond motifs is 2. The van der Waals surface area contributed by atoms with Crippen LogP contribution in [0.2, 0.25) is 0 Å². The minimum absolute atomic E-state index is 0.0582. The number of nitrogens with zero attached hydrogens (tertiary/aromatic N) is 7. The van der Waals surface area contributed by atoms with E-state index in [1.807, 2.05) is 42.2 Å². The first-order chi connectivity index (χ1) is 45.6. The van der Waals surface area contributed by atoms with Crippen molar-refractivity contribution in [1.29, 1.82) is 10.8 Å². The van der Waals surface area contributed by atoms with Gasteiger partial charge in [0.15, 0.2) is 17.4 Å². The Labute approximate surface area is 547 Å². The summed E-state index contributed by atoms with van der Waals surface area (Å²) in [5.41, 5.74) is 1.67. The second-order valence-corrected chi connectivity index (χ2v) is 24.6. The zero-order chi connectivity index (χ0) is 66.6. The number of carbonyl (C=O) groups excluding carboxylic acids is 2. The summed E-state index contributed by atoms with van der Waals surface area (Å²) in [5.74, 6) is -0.965. The van der Waals surface area contributed by atoms with Gasteiger partial charge in [-0.3, -0.25) is 30.3 Å². The molecule has 2 aromatic carbocycles. The number of aromatic nitrogens is 2. The Morgan fingerprint density at radius 2 is 1.28 bits per heavy atom. The van der Waals surface area contributed by atoms with Crippen molar-refractivity contribution in [2.75, 3.05) is 143 Å². The molecule has 1 amide bonds. The number of nitrogens with two attached hydrogens (primary N) is 1. The summed E-state index contributed by atoms with van der Waals surface area (Å²) in [7, 11) is 0. The summed E-state index contributed by atoms with van der Waals surface area (Å²) in [4.78, 5) is 45.5. The Kier molecular flexibility index (Phi) is 30.0. The Hall–Kier alpha value is -6.37. The molecule has 1 aromatic heterocycles. The average Bonchev–Trinajstić information content (AvgIpc) is 0.971. The van der Waals surface area contributed by atoms with Gasteiger partial charge in [-0.05, 0) is 88.5 Å². The standard InChI is InChI=1S/C66H94F5N11O12/c1-47(72)82(55-39-53-7-8-54(40-55)81(53)18-11-59(48-5-3-2-4-6-48)78-63(84)49-9-13-66(70,71)14-10-49)62(73)50-41-65(42-50)15-19-80(20-16-65)64-76-44-56(45-77-64)93-36-35-91-32-31-89-29-30-90-33-34-92-46-52(79-74)43-75-17-22-86-24-26-88-28-27-87-25-23-85-21-12-60(83)94-61-57(68)37-51(67)38-58(61)69/h2-6,37-38,43-45,49-50,53-55,59,72-73H,7-36,39-42,46,74H2,1H3,(H,78,84)/b72-47?,73-62?,75-43?,79-52+/t53?,54?,55?,59-/m0/s1. The Morgan fingerprint density at radius 3 is 1.84 bits per heavy atom. The highest BCUT2D eigenvalue weighted by Gasteiger charge is 2.51. The molecule has 3 aliphatic heterocycles. The van der Waals surface area contributed by atoms with E-state index in [0.717, 1.165) is 83.0 Å². The van der Waals surface area contributed by atoms with Gasteiger partial charge in [-0.1, -0.05) is 30.3 Å². The molecule has 5 N–H and O–H groups in total. The summed E-state index contributed by atoms with van der Waals surface area (Å²) in [5, 5.41) is 25.3. The number of anilines is 1. The van der Waals surface area contributed by atoms with Crippen LogP contribution in [0.15, 0.2) is 65.0 Å². The molecule has 3 saturated heterocycles. The van der Waals surface area contributed by atoms with E-state index in [2.05, 4.69) is 39.9 Å². The van der Waals surface area contributed by atoms with Crippen molar-refractivity contribution in [3.05, 3.63) is 77.9 Å². The molecule has 2 unspecified atom stereocenters. The number of carbonyl (C=O) groups is 2. The Balaban J connectivity index is 0.580. The van der Waals surface area contributed by atoms with Gasteiger partial charge in [0.1, 0.15) is 24.0 Å². The second-order valence-electron chi connectivity index (χ2n) is 24.6. The highest BCUT2D eigenvalue weighted by molar-refractivity contribution is 6.31. The number of benzene rings is 2. The topological polar surface area (TPSA) is 272 Å². The van der Waals surface area contributed by atoms with Gasteiger partial charge < -0.3 is 68.3 Å². The number of piperidine rings is 2. The van der Waals surface area contributed by atoms with Crippen LogP contribution in [-0.2, 0) is 47.5 Å². The fourth-order valence-electron chi connectivity index (χ4n) is 13.0. The van der Waals surface area contributed by atoms with Crippen molar-refractivity contribution < 1.29 is 78.9 Å². The van der Waals surface area contributed by atoms with Crippen molar-refractivity contribution in [2.24, 2.45) is 33.2 Å². The van der Waals surface area contributed by atoms with Crippen molar-refractivity contribution >= 4 is 41.4 Å². The van der Waals surface area contributed by atoms with Crippen molar-refractivity contribution in [3.63, 3.8) is 0 Å². The highest BCUT2D eigenvalue weighted by Crippen LogP contribution is 2.54. The SMILES string of the molecule is CC(=N)N(C(=N)C1CC2(CCN(c3ncc(OCCOCCOCCOCCOC/C(C=NCCOCCOCCOCCOCCC(=O)Oc4c(F)cc(F)cc4F)=N/N)cn3)CC2)C1)C1CC2CCC(C1)N2CC[C@H](NC(=O)C1CCC(F)(F)CC1)c1ccccc1. The van der Waals surface area contributed by atoms with Gasteiger partial charge >= 0.3 is 5.97 Å². The molecule has 28 heteroatoms. The monoisotopic (exact) mass is 1330 g/mol. The number of aliphatic imine (C=N–C) groups is 1. The molecule has 8 rings (SSSR count). The molecule has 4 heterocycles. The summed E-state index contributed by atoms with van der Waals surface area (Å²) >= 11 is 0. The molecular formula is C66H94F5N11O12. The molecule has 94 heavy (non-hydrogen) atoms. The van der Waals surface area contributed by atoms with Gasteiger partial charge in [-0.25, -0.2) is 31.9 Å². The molecule has 2 saturated carbocycles. The van der Waals surface area contributed by atoms with Gasteiger partial charge in [0.2, 0.25) is 23.5 Å². The highest BCUT2D eigenvalue weighted by atomic mass is 19.3. The van der Waals surface area contributed by atoms with Gasteiger partial charge in [-0.2, -0.15) is 5.10 Å². The lowest BCUT2D eigenvalue weighted by Crippen LogP contribution is -2.57. The smallest absolute Gasteiger partial charge is 0.313 e.